The zero-order valence-electron chi connectivity index (χ0n) is 20.4. The van der Waals surface area contributed by atoms with Crippen molar-refractivity contribution in [1.29, 1.82) is 0 Å². The van der Waals surface area contributed by atoms with Gasteiger partial charge in [-0.1, -0.05) is 59.9 Å². The molecule has 1 atom stereocenters. The molecule has 0 bridgehead atoms. The maximum Gasteiger partial charge on any atom is 0.286 e. The molecule has 1 unspecified atom stereocenters. The first-order valence-corrected chi connectivity index (χ1v) is 13.1. The molecule has 0 saturated carbocycles. The fourth-order valence-corrected chi connectivity index (χ4v) is 4.99. The second kappa shape index (κ2) is 12.4. The molecular weight excluding hydrogens is 474 g/mol. The van der Waals surface area contributed by atoms with E-state index in [1.54, 1.807) is 17.0 Å². The molecule has 3 aromatic rings. The van der Waals surface area contributed by atoms with Crippen molar-refractivity contribution in [1.82, 2.24) is 20.4 Å². The second-order valence-electron chi connectivity index (χ2n) is 9.17. The lowest BCUT2D eigenvalue weighted by atomic mass is 9.93. The predicted octanol–water partition coefficient (Wildman–Crippen LogP) is 4.17. The molecular formula is C27H31N5O3S. The second-order valence-corrected chi connectivity index (χ2v) is 10.1. The lowest BCUT2D eigenvalue weighted by molar-refractivity contribution is -0.122. The number of likely N-dealkylation sites (tertiary alicyclic amines) is 1. The molecule has 1 saturated heterocycles. The molecule has 0 aliphatic carbocycles. The first-order chi connectivity index (χ1) is 17.5. The average molecular weight is 506 g/mol. The fraction of sp³-hybridized carbons (Fsp3) is 0.370. The molecule has 0 radical (unpaired) electrons. The van der Waals surface area contributed by atoms with Gasteiger partial charge in [0, 0.05) is 31.2 Å². The first kappa shape index (κ1) is 25.5. The standard InChI is InChI=1S/C27H31N5O3S/c1-19(12-13-20-8-4-2-5-9-20)28-23(33)18-21-14-16-32(17-15-21)27(35)26-31-30-25(36-26)24(34)29-22-10-6-3-7-11-22/h2-11,19,21H,12-18H2,1H3,(H,28,33)(H,29,34). The highest BCUT2D eigenvalue weighted by molar-refractivity contribution is 7.15. The van der Waals surface area contributed by atoms with E-state index in [1.165, 1.54) is 5.56 Å². The van der Waals surface area contributed by atoms with Gasteiger partial charge in [0.25, 0.3) is 11.8 Å². The van der Waals surface area contributed by atoms with Crippen molar-refractivity contribution in [2.75, 3.05) is 18.4 Å². The highest BCUT2D eigenvalue weighted by Gasteiger charge is 2.28. The van der Waals surface area contributed by atoms with E-state index in [0.29, 0.717) is 25.2 Å². The predicted molar refractivity (Wildman–Crippen MR) is 140 cm³/mol. The number of nitrogens with one attached hydrogen (secondary N) is 2. The number of carbonyl (C=O) groups is 3. The van der Waals surface area contributed by atoms with Crippen LogP contribution in [-0.2, 0) is 11.2 Å². The first-order valence-electron chi connectivity index (χ1n) is 12.3. The van der Waals surface area contributed by atoms with E-state index in [2.05, 4.69) is 33.0 Å². The number of amides is 3. The van der Waals surface area contributed by atoms with Gasteiger partial charge >= 0.3 is 0 Å². The molecule has 188 valence electrons. The van der Waals surface area contributed by atoms with Crippen LogP contribution in [0.15, 0.2) is 60.7 Å². The number of aromatic nitrogens is 2. The molecule has 1 aliphatic heterocycles. The highest BCUT2D eigenvalue weighted by Crippen LogP contribution is 2.23. The molecule has 1 fully saturated rings. The van der Waals surface area contributed by atoms with E-state index in [-0.39, 0.29) is 39.7 Å². The van der Waals surface area contributed by atoms with Gasteiger partial charge in [-0.3, -0.25) is 14.4 Å². The van der Waals surface area contributed by atoms with E-state index in [4.69, 9.17) is 0 Å². The number of carbonyl (C=O) groups excluding carboxylic acids is 3. The summed E-state index contributed by atoms with van der Waals surface area (Å²) in [6, 6.07) is 19.5. The number of hydrogen-bond donors (Lipinski definition) is 2. The monoisotopic (exact) mass is 505 g/mol. The summed E-state index contributed by atoms with van der Waals surface area (Å²) in [5.74, 6) is -0.292. The number of nitrogens with zero attached hydrogens (tertiary/aromatic N) is 3. The quantitative estimate of drug-likeness (QED) is 0.454. The van der Waals surface area contributed by atoms with Crippen LogP contribution >= 0.6 is 11.3 Å². The van der Waals surface area contributed by atoms with Crippen molar-refractivity contribution in [3.05, 3.63) is 76.2 Å². The van der Waals surface area contributed by atoms with E-state index in [9.17, 15) is 14.4 Å². The number of para-hydroxylation sites is 1. The Labute approximate surface area is 215 Å². The number of piperidine rings is 1. The third-order valence-electron chi connectivity index (χ3n) is 6.33. The number of aryl methyl sites for hydroxylation is 1. The lowest BCUT2D eigenvalue weighted by Crippen LogP contribution is -2.40. The Hall–Kier alpha value is -3.59. The molecule has 36 heavy (non-hydrogen) atoms. The maximum absolute atomic E-state index is 12.9. The number of hydrogen-bond acceptors (Lipinski definition) is 6. The van der Waals surface area contributed by atoms with Crippen LogP contribution in [0.4, 0.5) is 5.69 Å². The molecule has 2 heterocycles. The van der Waals surface area contributed by atoms with Crippen molar-refractivity contribution >= 4 is 34.7 Å². The molecule has 1 aliphatic rings. The summed E-state index contributed by atoms with van der Waals surface area (Å²) in [6.07, 6.45) is 3.83. The molecule has 0 spiro atoms. The summed E-state index contributed by atoms with van der Waals surface area (Å²) in [5.41, 5.74) is 1.93. The Kier molecular flexibility index (Phi) is 8.78. The Morgan fingerprint density at radius 3 is 2.31 bits per heavy atom. The van der Waals surface area contributed by atoms with E-state index in [1.807, 2.05) is 43.3 Å². The summed E-state index contributed by atoms with van der Waals surface area (Å²) in [7, 11) is 0. The van der Waals surface area contributed by atoms with Gasteiger partial charge in [-0.15, -0.1) is 10.2 Å². The molecule has 1 aromatic heterocycles. The average Bonchev–Trinajstić information content (AvgIpc) is 3.39. The van der Waals surface area contributed by atoms with E-state index in [0.717, 1.165) is 37.0 Å². The van der Waals surface area contributed by atoms with Crippen LogP contribution in [0.2, 0.25) is 0 Å². The Bertz CT molecular complexity index is 1160. The van der Waals surface area contributed by atoms with E-state index < -0.39 is 0 Å². The molecule has 2 aromatic carbocycles. The van der Waals surface area contributed by atoms with Crippen molar-refractivity contribution in [2.45, 2.75) is 45.1 Å². The van der Waals surface area contributed by atoms with Gasteiger partial charge in [-0.2, -0.15) is 0 Å². The smallest absolute Gasteiger partial charge is 0.286 e. The molecule has 9 heteroatoms. The van der Waals surface area contributed by atoms with Crippen molar-refractivity contribution in [2.24, 2.45) is 5.92 Å². The van der Waals surface area contributed by atoms with Crippen LogP contribution in [-0.4, -0.2) is 52.0 Å². The van der Waals surface area contributed by atoms with Crippen LogP contribution in [0.1, 0.15) is 57.8 Å². The molecule has 3 amide bonds. The highest BCUT2D eigenvalue weighted by atomic mass is 32.1. The number of rotatable bonds is 9. The van der Waals surface area contributed by atoms with Gasteiger partial charge in [0.1, 0.15) is 0 Å². The van der Waals surface area contributed by atoms with Gasteiger partial charge in [0.15, 0.2) is 0 Å². The molecule has 8 nitrogen and oxygen atoms in total. The molecule has 2 N–H and O–H groups in total. The minimum atomic E-state index is -0.388. The topological polar surface area (TPSA) is 104 Å². The summed E-state index contributed by atoms with van der Waals surface area (Å²) in [4.78, 5) is 39.5. The van der Waals surface area contributed by atoms with Gasteiger partial charge in [-0.25, -0.2) is 0 Å². The van der Waals surface area contributed by atoms with Gasteiger partial charge in [0.2, 0.25) is 15.9 Å². The van der Waals surface area contributed by atoms with Gasteiger partial charge in [-0.05, 0) is 56.2 Å². The van der Waals surface area contributed by atoms with Crippen LogP contribution < -0.4 is 10.6 Å². The Morgan fingerprint density at radius 1 is 0.972 bits per heavy atom. The Balaban J connectivity index is 1.19. The summed E-state index contributed by atoms with van der Waals surface area (Å²) in [6.45, 7) is 3.16. The SMILES string of the molecule is CC(CCc1ccccc1)NC(=O)CC1CCN(C(=O)c2nnc(C(=O)Nc3ccccc3)s2)CC1. The van der Waals surface area contributed by atoms with Crippen molar-refractivity contribution in [3.63, 3.8) is 0 Å². The van der Waals surface area contributed by atoms with E-state index >= 15 is 0 Å². The number of benzene rings is 2. The van der Waals surface area contributed by atoms with Crippen LogP contribution in [0, 0.1) is 5.92 Å². The third-order valence-corrected chi connectivity index (χ3v) is 7.24. The molecule has 4 rings (SSSR count). The fourth-order valence-electron chi connectivity index (χ4n) is 4.28. The van der Waals surface area contributed by atoms with Gasteiger partial charge in [0.05, 0.1) is 0 Å². The normalized spacial score (nSPS) is 14.8. The van der Waals surface area contributed by atoms with Crippen LogP contribution in [0.25, 0.3) is 0 Å². The van der Waals surface area contributed by atoms with Crippen LogP contribution in [0.3, 0.4) is 0 Å². The Morgan fingerprint density at radius 2 is 1.61 bits per heavy atom. The zero-order chi connectivity index (χ0) is 25.3. The summed E-state index contributed by atoms with van der Waals surface area (Å²) < 4.78 is 0. The lowest BCUT2D eigenvalue weighted by Gasteiger charge is -2.31. The summed E-state index contributed by atoms with van der Waals surface area (Å²) in [5, 5.41) is 14.1. The zero-order valence-corrected chi connectivity index (χ0v) is 21.2. The van der Waals surface area contributed by atoms with Crippen molar-refractivity contribution in [3.8, 4) is 0 Å². The summed E-state index contributed by atoms with van der Waals surface area (Å²) >= 11 is 0.994. The minimum Gasteiger partial charge on any atom is -0.354 e. The third kappa shape index (κ3) is 7.21. The van der Waals surface area contributed by atoms with Crippen LogP contribution in [0.5, 0.6) is 0 Å². The van der Waals surface area contributed by atoms with Crippen molar-refractivity contribution < 1.29 is 14.4 Å². The largest absolute Gasteiger partial charge is 0.354 e. The number of anilines is 1. The minimum absolute atomic E-state index is 0.0681. The van der Waals surface area contributed by atoms with Gasteiger partial charge < -0.3 is 15.5 Å². The maximum atomic E-state index is 12.9.